The third-order valence-corrected chi connectivity index (χ3v) is 3.12. The topological polar surface area (TPSA) is 41.5 Å². The lowest BCUT2D eigenvalue weighted by Crippen LogP contribution is -2.32. The highest BCUT2D eigenvalue weighted by Gasteiger charge is 2.11. The molecule has 1 unspecified atom stereocenters. The van der Waals surface area contributed by atoms with Crippen LogP contribution < -0.4 is 10.1 Å². The van der Waals surface area contributed by atoms with E-state index in [1.807, 2.05) is 18.2 Å². The smallest absolute Gasteiger partial charge is 0.123 e. The van der Waals surface area contributed by atoms with E-state index in [2.05, 4.69) is 32.2 Å². The molecule has 0 aliphatic rings. The first kappa shape index (κ1) is 15.0. The maximum atomic E-state index is 8.81. The highest BCUT2D eigenvalue weighted by atomic mass is 16.5. The van der Waals surface area contributed by atoms with Crippen LogP contribution in [0.2, 0.25) is 0 Å². The van der Waals surface area contributed by atoms with E-state index in [-0.39, 0.29) is 6.61 Å². The normalized spacial score (nSPS) is 12.7. The molecular weight excluding hydrogens is 226 g/mol. The first-order valence-electron chi connectivity index (χ1n) is 6.74. The second kappa shape index (κ2) is 8.11. The third kappa shape index (κ3) is 4.67. The molecule has 3 nitrogen and oxygen atoms in total. The third-order valence-electron chi connectivity index (χ3n) is 3.12. The van der Waals surface area contributed by atoms with Crippen molar-refractivity contribution in [1.29, 1.82) is 0 Å². The standard InChI is InChI=1S/C15H25NO2/c1-4-14(12(2)3)16-11-13-7-5-6-8-15(13)18-10-9-17/h5-8,12,14,16-17H,4,9-11H2,1-3H3. The quantitative estimate of drug-likeness (QED) is 0.746. The lowest BCUT2D eigenvalue weighted by Gasteiger charge is -2.21. The molecule has 1 atom stereocenters. The van der Waals surface area contributed by atoms with E-state index in [0.717, 1.165) is 24.3 Å². The largest absolute Gasteiger partial charge is 0.491 e. The second-order valence-corrected chi connectivity index (χ2v) is 4.82. The Balaban J connectivity index is 2.60. The Hall–Kier alpha value is -1.06. The summed E-state index contributed by atoms with van der Waals surface area (Å²) in [5, 5.41) is 12.4. The number of hydrogen-bond donors (Lipinski definition) is 2. The Morgan fingerprint density at radius 3 is 2.61 bits per heavy atom. The summed E-state index contributed by atoms with van der Waals surface area (Å²) in [5.41, 5.74) is 1.14. The van der Waals surface area contributed by atoms with Crippen molar-refractivity contribution >= 4 is 0 Å². The van der Waals surface area contributed by atoms with E-state index >= 15 is 0 Å². The monoisotopic (exact) mass is 251 g/mol. The molecule has 0 radical (unpaired) electrons. The Morgan fingerprint density at radius 1 is 1.28 bits per heavy atom. The van der Waals surface area contributed by atoms with Crippen LogP contribution in [0.25, 0.3) is 0 Å². The van der Waals surface area contributed by atoms with Crippen LogP contribution >= 0.6 is 0 Å². The Bertz CT molecular complexity index is 339. The molecule has 0 amide bonds. The minimum atomic E-state index is 0.0470. The second-order valence-electron chi connectivity index (χ2n) is 4.82. The minimum absolute atomic E-state index is 0.0470. The van der Waals surface area contributed by atoms with Gasteiger partial charge in [0.2, 0.25) is 0 Å². The molecule has 102 valence electrons. The summed E-state index contributed by atoms with van der Waals surface area (Å²) in [5.74, 6) is 1.48. The molecule has 0 saturated carbocycles. The van der Waals surface area contributed by atoms with Crippen molar-refractivity contribution in [2.75, 3.05) is 13.2 Å². The molecule has 1 aromatic carbocycles. The molecule has 0 bridgehead atoms. The lowest BCUT2D eigenvalue weighted by atomic mass is 10.0. The van der Waals surface area contributed by atoms with Gasteiger partial charge >= 0.3 is 0 Å². The summed E-state index contributed by atoms with van der Waals surface area (Å²) in [6.07, 6.45) is 1.12. The van der Waals surface area contributed by atoms with Crippen molar-refractivity contribution in [2.45, 2.75) is 39.8 Å². The summed E-state index contributed by atoms with van der Waals surface area (Å²) in [4.78, 5) is 0. The van der Waals surface area contributed by atoms with E-state index in [0.29, 0.717) is 18.6 Å². The summed E-state index contributed by atoms with van der Waals surface area (Å²) in [6, 6.07) is 8.50. The highest BCUT2D eigenvalue weighted by Crippen LogP contribution is 2.18. The van der Waals surface area contributed by atoms with Crippen LogP contribution in [-0.2, 0) is 6.54 Å². The number of hydrogen-bond acceptors (Lipinski definition) is 3. The van der Waals surface area contributed by atoms with E-state index in [1.165, 1.54) is 0 Å². The van der Waals surface area contributed by atoms with E-state index < -0.39 is 0 Å². The van der Waals surface area contributed by atoms with Crippen molar-refractivity contribution < 1.29 is 9.84 Å². The van der Waals surface area contributed by atoms with Gasteiger partial charge in [0, 0.05) is 18.2 Å². The number of benzene rings is 1. The SMILES string of the molecule is CCC(NCc1ccccc1OCCO)C(C)C. The first-order chi connectivity index (χ1) is 8.69. The van der Waals surface area contributed by atoms with Gasteiger partial charge in [0.25, 0.3) is 0 Å². The van der Waals surface area contributed by atoms with Gasteiger partial charge < -0.3 is 15.2 Å². The van der Waals surface area contributed by atoms with Gasteiger partial charge in [0.05, 0.1) is 6.61 Å². The number of ether oxygens (including phenoxy) is 1. The number of aliphatic hydroxyl groups excluding tert-OH is 1. The van der Waals surface area contributed by atoms with Crippen LogP contribution in [-0.4, -0.2) is 24.4 Å². The molecule has 1 aromatic rings. The van der Waals surface area contributed by atoms with E-state index in [4.69, 9.17) is 9.84 Å². The van der Waals surface area contributed by atoms with Gasteiger partial charge in [-0.1, -0.05) is 39.0 Å². The summed E-state index contributed by atoms with van der Waals surface area (Å²) in [7, 11) is 0. The van der Waals surface area contributed by atoms with Crippen molar-refractivity contribution in [2.24, 2.45) is 5.92 Å². The first-order valence-corrected chi connectivity index (χ1v) is 6.74. The zero-order valence-corrected chi connectivity index (χ0v) is 11.6. The van der Waals surface area contributed by atoms with Crippen LogP contribution in [0.3, 0.4) is 0 Å². The zero-order chi connectivity index (χ0) is 13.4. The van der Waals surface area contributed by atoms with E-state index in [9.17, 15) is 0 Å². The van der Waals surface area contributed by atoms with Gasteiger partial charge in [-0.05, 0) is 18.4 Å². The number of rotatable bonds is 8. The molecule has 2 N–H and O–H groups in total. The molecule has 18 heavy (non-hydrogen) atoms. The molecule has 0 fully saturated rings. The Kier molecular flexibility index (Phi) is 6.76. The Labute approximate surface area is 110 Å². The van der Waals surface area contributed by atoms with Crippen LogP contribution in [0.4, 0.5) is 0 Å². The minimum Gasteiger partial charge on any atom is -0.491 e. The van der Waals surface area contributed by atoms with E-state index in [1.54, 1.807) is 0 Å². The average molecular weight is 251 g/mol. The van der Waals surface area contributed by atoms with Crippen molar-refractivity contribution in [1.82, 2.24) is 5.32 Å². The van der Waals surface area contributed by atoms with Gasteiger partial charge in [-0.3, -0.25) is 0 Å². The zero-order valence-electron chi connectivity index (χ0n) is 11.6. The molecule has 0 aromatic heterocycles. The van der Waals surface area contributed by atoms with Gasteiger partial charge in [0.1, 0.15) is 12.4 Å². The molecule has 0 heterocycles. The fourth-order valence-corrected chi connectivity index (χ4v) is 2.04. The average Bonchev–Trinajstić information content (AvgIpc) is 2.38. The molecule has 3 heteroatoms. The van der Waals surface area contributed by atoms with Crippen LogP contribution in [0, 0.1) is 5.92 Å². The van der Waals surface area contributed by atoms with Gasteiger partial charge in [-0.15, -0.1) is 0 Å². The maximum absolute atomic E-state index is 8.81. The predicted molar refractivity (Wildman–Crippen MR) is 74.8 cm³/mol. The summed E-state index contributed by atoms with van der Waals surface area (Å²) < 4.78 is 5.52. The fourth-order valence-electron chi connectivity index (χ4n) is 2.04. The number of para-hydroxylation sites is 1. The van der Waals surface area contributed by atoms with Crippen LogP contribution in [0.1, 0.15) is 32.8 Å². The van der Waals surface area contributed by atoms with Crippen LogP contribution in [0.15, 0.2) is 24.3 Å². The lowest BCUT2D eigenvalue weighted by molar-refractivity contribution is 0.200. The van der Waals surface area contributed by atoms with Gasteiger partial charge in [-0.2, -0.15) is 0 Å². The molecule has 0 aliphatic heterocycles. The van der Waals surface area contributed by atoms with Crippen molar-refractivity contribution in [3.05, 3.63) is 29.8 Å². The summed E-state index contributed by atoms with van der Waals surface area (Å²) in [6.45, 7) is 7.86. The van der Waals surface area contributed by atoms with Crippen molar-refractivity contribution in [3.63, 3.8) is 0 Å². The van der Waals surface area contributed by atoms with Gasteiger partial charge in [-0.25, -0.2) is 0 Å². The fraction of sp³-hybridized carbons (Fsp3) is 0.600. The molecule has 1 rings (SSSR count). The number of aliphatic hydroxyl groups is 1. The van der Waals surface area contributed by atoms with Crippen molar-refractivity contribution in [3.8, 4) is 5.75 Å². The molecule has 0 spiro atoms. The predicted octanol–water partition coefficient (Wildman–Crippen LogP) is 2.58. The molecular formula is C15H25NO2. The molecule has 0 aliphatic carbocycles. The maximum Gasteiger partial charge on any atom is 0.123 e. The highest BCUT2D eigenvalue weighted by molar-refractivity contribution is 5.33. The Morgan fingerprint density at radius 2 is 2.00 bits per heavy atom. The van der Waals surface area contributed by atoms with Crippen LogP contribution in [0.5, 0.6) is 5.75 Å². The van der Waals surface area contributed by atoms with Gasteiger partial charge in [0.15, 0.2) is 0 Å². The number of nitrogens with one attached hydrogen (secondary N) is 1. The molecule has 0 saturated heterocycles. The summed E-state index contributed by atoms with van der Waals surface area (Å²) >= 11 is 0.